The third-order valence-electron chi connectivity index (χ3n) is 6.58. The number of nitrogens with one attached hydrogen (secondary N) is 2. The molecular weight excluding hydrogens is 518 g/mol. The molecule has 0 aliphatic carbocycles. The lowest BCUT2D eigenvalue weighted by molar-refractivity contribution is 0.0384. The van der Waals surface area contributed by atoms with Crippen LogP contribution in [0.1, 0.15) is 24.5 Å². The molecule has 1 fully saturated rings. The van der Waals surface area contributed by atoms with Crippen molar-refractivity contribution in [3.8, 4) is 23.3 Å². The summed E-state index contributed by atoms with van der Waals surface area (Å²) in [5, 5.41) is 18.0. The minimum absolute atomic E-state index is 0.412. The number of hydrogen-bond acceptors (Lipinski definition) is 9. The molecule has 2 aromatic carbocycles. The zero-order valence-electron chi connectivity index (χ0n) is 22.8. The van der Waals surface area contributed by atoms with E-state index >= 15 is 0 Å². The molecule has 0 atom stereocenters. The molecule has 2 heterocycles. The second kappa shape index (κ2) is 14.2. The smallest absolute Gasteiger partial charge is 0.163 e. The number of aryl methyl sites for hydroxylation is 1. The highest BCUT2D eigenvalue weighted by Crippen LogP contribution is 2.39. The first-order valence-electron chi connectivity index (χ1n) is 13.3. The van der Waals surface area contributed by atoms with Gasteiger partial charge in [0.05, 0.1) is 55.3 Å². The van der Waals surface area contributed by atoms with Crippen LogP contribution in [-0.2, 0) is 4.74 Å². The molecule has 0 unspecified atom stereocenters. The van der Waals surface area contributed by atoms with Crippen LogP contribution in [0.3, 0.4) is 0 Å². The lowest BCUT2D eigenvalue weighted by Crippen LogP contribution is -2.40. The Morgan fingerprint density at radius 1 is 1.10 bits per heavy atom. The van der Waals surface area contributed by atoms with Gasteiger partial charge < -0.3 is 29.6 Å². The van der Waals surface area contributed by atoms with Gasteiger partial charge in [-0.1, -0.05) is 11.6 Å². The Labute approximate surface area is 235 Å². The normalized spacial score (nSPS) is 13.7. The number of morpholine rings is 1. The van der Waals surface area contributed by atoms with E-state index in [1.54, 1.807) is 13.3 Å². The molecular formula is C29H36ClN5O4. The number of anilines is 2. The predicted octanol–water partition coefficient (Wildman–Crippen LogP) is 4.91. The maximum Gasteiger partial charge on any atom is 0.163 e. The van der Waals surface area contributed by atoms with Gasteiger partial charge in [0, 0.05) is 55.6 Å². The zero-order chi connectivity index (χ0) is 27.6. The van der Waals surface area contributed by atoms with Gasteiger partial charge in [-0.25, -0.2) is 0 Å². The Hall–Kier alpha value is -3.29. The molecule has 1 aliphatic rings. The van der Waals surface area contributed by atoms with E-state index in [1.165, 1.54) is 0 Å². The highest BCUT2D eigenvalue weighted by Gasteiger charge is 2.17. The second-order valence-corrected chi connectivity index (χ2v) is 9.65. The third-order valence-corrected chi connectivity index (χ3v) is 6.87. The molecule has 0 bridgehead atoms. The molecule has 1 aliphatic heterocycles. The number of fused-ring (bicyclic) bond motifs is 1. The number of rotatable bonds is 13. The van der Waals surface area contributed by atoms with Crippen LogP contribution >= 0.6 is 11.6 Å². The predicted molar refractivity (Wildman–Crippen MR) is 154 cm³/mol. The first-order valence-corrected chi connectivity index (χ1v) is 13.7. The minimum Gasteiger partial charge on any atom is -0.495 e. The van der Waals surface area contributed by atoms with Gasteiger partial charge in [-0.3, -0.25) is 9.88 Å². The summed E-state index contributed by atoms with van der Waals surface area (Å²) in [4.78, 5) is 6.94. The van der Waals surface area contributed by atoms with Gasteiger partial charge >= 0.3 is 0 Å². The van der Waals surface area contributed by atoms with Crippen molar-refractivity contribution >= 4 is 33.9 Å². The van der Waals surface area contributed by atoms with E-state index in [4.69, 9.17) is 30.5 Å². The average molecular weight is 554 g/mol. The number of nitrogens with zero attached hydrogens (tertiary/aromatic N) is 3. The van der Waals surface area contributed by atoms with E-state index in [-0.39, 0.29) is 0 Å². The van der Waals surface area contributed by atoms with E-state index in [0.717, 1.165) is 69.0 Å². The highest BCUT2D eigenvalue weighted by molar-refractivity contribution is 6.32. The summed E-state index contributed by atoms with van der Waals surface area (Å²) in [5.41, 5.74) is 3.43. The molecule has 9 nitrogen and oxygen atoms in total. The van der Waals surface area contributed by atoms with Crippen molar-refractivity contribution in [2.24, 2.45) is 0 Å². The molecule has 4 rings (SSSR count). The Morgan fingerprint density at radius 2 is 1.90 bits per heavy atom. The van der Waals surface area contributed by atoms with Gasteiger partial charge in [-0.05, 0) is 44.5 Å². The van der Waals surface area contributed by atoms with Crippen LogP contribution in [0.15, 0.2) is 30.5 Å². The summed E-state index contributed by atoms with van der Waals surface area (Å²) in [6, 6.07) is 9.64. The molecule has 0 saturated carbocycles. The fourth-order valence-electron chi connectivity index (χ4n) is 4.45. The number of nitriles is 1. The highest BCUT2D eigenvalue weighted by atomic mass is 35.5. The molecule has 1 aromatic heterocycles. The van der Waals surface area contributed by atoms with Crippen molar-refractivity contribution in [1.82, 2.24) is 15.2 Å². The molecule has 1 saturated heterocycles. The van der Waals surface area contributed by atoms with Crippen LogP contribution < -0.4 is 24.8 Å². The molecule has 208 valence electrons. The summed E-state index contributed by atoms with van der Waals surface area (Å²) in [7, 11) is 1.57. The van der Waals surface area contributed by atoms with Crippen molar-refractivity contribution < 1.29 is 18.9 Å². The van der Waals surface area contributed by atoms with Crippen molar-refractivity contribution in [2.75, 3.05) is 71.6 Å². The zero-order valence-corrected chi connectivity index (χ0v) is 23.6. The summed E-state index contributed by atoms with van der Waals surface area (Å²) in [6.07, 6.45) is 2.42. The summed E-state index contributed by atoms with van der Waals surface area (Å²) in [6.45, 7) is 11.4. The molecule has 2 N–H and O–H groups in total. The maximum absolute atomic E-state index is 9.83. The van der Waals surface area contributed by atoms with Crippen molar-refractivity contribution in [1.29, 1.82) is 5.26 Å². The number of benzene rings is 2. The van der Waals surface area contributed by atoms with Crippen LogP contribution in [0.5, 0.6) is 17.2 Å². The number of ether oxygens (including phenoxy) is 4. The molecule has 39 heavy (non-hydrogen) atoms. The van der Waals surface area contributed by atoms with E-state index in [9.17, 15) is 5.26 Å². The van der Waals surface area contributed by atoms with Crippen LogP contribution in [-0.4, -0.2) is 76.1 Å². The number of aromatic nitrogens is 1. The molecule has 3 aromatic rings. The van der Waals surface area contributed by atoms with Gasteiger partial charge in [0.25, 0.3) is 0 Å². The Bertz CT molecular complexity index is 1310. The fraction of sp³-hybridized carbons (Fsp3) is 0.448. The van der Waals surface area contributed by atoms with E-state index in [0.29, 0.717) is 52.3 Å². The van der Waals surface area contributed by atoms with Gasteiger partial charge in [0.1, 0.15) is 11.8 Å². The summed E-state index contributed by atoms with van der Waals surface area (Å²) in [5.74, 6) is 1.78. The minimum atomic E-state index is 0.412. The number of hydrogen-bond donors (Lipinski definition) is 2. The molecule has 0 radical (unpaired) electrons. The van der Waals surface area contributed by atoms with E-state index in [1.807, 2.05) is 38.1 Å². The number of methoxy groups -OCH3 is 1. The van der Waals surface area contributed by atoms with Crippen LogP contribution in [0.2, 0.25) is 5.02 Å². The number of pyridine rings is 1. The third kappa shape index (κ3) is 7.43. The quantitative estimate of drug-likeness (QED) is 0.286. The lowest BCUT2D eigenvalue weighted by atomic mass is 10.1. The van der Waals surface area contributed by atoms with Crippen molar-refractivity contribution in [3.63, 3.8) is 0 Å². The van der Waals surface area contributed by atoms with Crippen LogP contribution in [0.4, 0.5) is 11.4 Å². The Balaban J connectivity index is 1.47. The Morgan fingerprint density at radius 3 is 2.64 bits per heavy atom. The standard InChI is InChI=1S/C29H36ClN5O4/c1-4-38-27-15-22-25(17-28(27)39-11-5-6-32-7-8-35-9-12-37-13-10-35)33-19-21(18-31)29(22)34-24-16-26(36-3)23(30)14-20(24)2/h14-17,19,32H,4-13H2,1-3H3,(H,33,34). The average Bonchev–Trinajstić information content (AvgIpc) is 2.95. The van der Waals surface area contributed by atoms with Gasteiger partial charge in [0.15, 0.2) is 11.5 Å². The van der Waals surface area contributed by atoms with Crippen LogP contribution in [0, 0.1) is 18.3 Å². The topological polar surface area (TPSA) is 101 Å². The Kier molecular flexibility index (Phi) is 10.5. The van der Waals surface area contributed by atoms with Crippen LogP contribution in [0.25, 0.3) is 10.9 Å². The first-order chi connectivity index (χ1) is 19.0. The monoisotopic (exact) mass is 553 g/mol. The molecule has 10 heteroatoms. The second-order valence-electron chi connectivity index (χ2n) is 9.24. The first kappa shape index (κ1) is 28.7. The van der Waals surface area contributed by atoms with Gasteiger partial charge in [-0.2, -0.15) is 5.26 Å². The summed E-state index contributed by atoms with van der Waals surface area (Å²) >= 11 is 6.28. The van der Waals surface area contributed by atoms with Gasteiger partial charge in [-0.15, -0.1) is 0 Å². The largest absolute Gasteiger partial charge is 0.495 e. The van der Waals surface area contributed by atoms with Crippen molar-refractivity contribution in [3.05, 3.63) is 46.6 Å². The van der Waals surface area contributed by atoms with Crippen molar-refractivity contribution in [2.45, 2.75) is 20.3 Å². The van der Waals surface area contributed by atoms with Gasteiger partial charge in [0.2, 0.25) is 0 Å². The maximum atomic E-state index is 9.83. The number of halogens is 1. The fourth-order valence-corrected chi connectivity index (χ4v) is 4.74. The lowest BCUT2D eigenvalue weighted by Gasteiger charge is -2.26. The summed E-state index contributed by atoms with van der Waals surface area (Å²) < 4.78 is 22.8. The van der Waals surface area contributed by atoms with E-state index in [2.05, 4.69) is 26.6 Å². The molecule has 0 spiro atoms. The van der Waals surface area contributed by atoms with E-state index < -0.39 is 0 Å². The SMILES string of the molecule is CCOc1cc2c(Nc3cc(OC)c(Cl)cc3C)c(C#N)cnc2cc1OCCCNCCN1CCOCC1. The molecule has 0 amide bonds.